The Labute approximate surface area is 174 Å². The van der Waals surface area contributed by atoms with E-state index in [9.17, 15) is 8.78 Å². The summed E-state index contributed by atoms with van der Waals surface area (Å²) in [5.74, 6) is -1.50. The molecule has 1 aromatic carbocycles. The molecule has 154 valence electrons. The van der Waals surface area contributed by atoms with Crippen molar-refractivity contribution in [2.75, 3.05) is 13.1 Å². The maximum Gasteiger partial charge on any atom is 0.159 e. The van der Waals surface area contributed by atoms with E-state index < -0.39 is 11.6 Å². The van der Waals surface area contributed by atoms with Crippen molar-refractivity contribution in [3.05, 3.63) is 70.2 Å². The van der Waals surface area contributed by atoms with Crippen LogP contribution in [0.1, 0.15) is 37.4 Å². The number of nitrogens with zero attached hydrogens (tertiary/aromatic N) is 3. The lowest BCUT2D eigenvalue weighted by atomic mass is 9.83. The average Bonchev–Trinajstić information content (AvgIpc) is 3.03. The maximum atomic E-state index is 13.9. The van der Waals surface area contributed by atoms with Gasteiger partial charge in [0.1, 0.15) is 0 Å². The van der Waals surface area contributed by atoms with E-state index in [1.165, 1.54) is 12.1 Å². The molecule has 0 amide bonds. The Morgan fingerprint density at radius 2 is 2.03 bits per heavy atom. The van der Waals surface area contributed by atoms with Crippen molar-refractivity contribution < 1.29 is 8.78 Å². The fraction of sp³-hybridized carbons (Fsp3) is 0.409. The molecule has 1 unspecified atom stereocenters. The Kier molecular flexibility index (Phi) is 5.49. The zero-order valence-electron chi connectivity index (χ0n) is 16.8. The van der Waals surface area contributed by atoms with E-state index in [2.05, 4.69) is 41.4 Å². The molecule has 29 heavy (non-hydrogen) atoms. The highest BCUT2D eigenvalue weighted by Crippen LogP contribution is 2.37. The highest BCUT2D eigenvalue weighted by molar-refractivity contribution is 6.32. The minimum Gasteiger partial charge on any atom is -0.366 e. The third-order valence-corrected chi connectivity index (χ3v) is 6.30. The van der Waals surface area contributed by atoms with E-state index in [4.69, 9.17) is 11.6 Å². The molecule has 2 aliphatic heterocycles. The Morgan fingerprint density at radius 3 is 2.72 bits per heavy atom. The van der Waals surface area contributed by atoms with Crippen LogP contribution in [-0.2, 0) is 7.05 Å². The highest BCUT2D eigenvalue weighted by Gasteiger charge is 2.34. The average molecular weight is 419 g/mol. The van der Waals surface area contributed by atoms with Crippen molar-refractivity contribution in [1.82, 2.24) is 20.0 Å². The van der Waals surface area contributed by atoms with Gasteiger partial charge in [-0.05, 0) is 50.1 Å². The SMILES string of the molecule is CC1=CC(C)N([C@@H]2CNCC[C@H]2c2ccc(F)c(F)c2)C=C1c1c(Cl)cnn1C. The summed E-state index contributed by atoms with van der Waals surface area (Å²) in [7, 11) is 1.88. The Balaban J connectivity index is 1.73. The number of hydrogen-bond acceptors (Lipinski definition) is 3. The predicted molar refractivity (Wildman–Crippen MR) is 112 cm³/mol. The van der Waals surface area contributed by atoms with Crippen molar-refractivity contribution in [1.29, 1.82) is 0 Å². The van der Waals surface area contributed by atoms with Gasteiger partial charge >= 0.3 is 0 Å². The molecule has 4 rings (SSSR count). The molecule has 1 N–H and O–H groups in total. The predicted octanol–water partition coefficient (Wildman–Crippen LogP) is 4.49. The Hall–Kier alpha value is -2.18. The van der Waals surface area contributed by atoms with Gasteiger partial charge in [-0.3, -0.25) is 4.68 Å². The van der Waals surface area contributed by atoms with Crippen LogP contribution in [0.25, 0.3) is 5.57 Å². The standard InChI is InChI=1S/C22H25ClF2N4/c1-13-8-14(2)29(12-17(13)22-18(23)10-27-28(22)3)21-11-26-7-6-16(21)15-4-5-19(24)20(25)9-15/h4-5,8-10,12,14,16,21,26H,6-7,11H2,1-3H3/t14?,16-,21+/m0/s1. The van der Waals surface area contributed by atoms with Crippen LogP contribution < -0.4 is 5.32 Å². The van der Waals surface area contributed by atoms with Crippen molar-refractivity contribution in [2.45, 2.75) is 38.3 Å². The first-order valence-electron chi connectivity index (χ1n) is 9.88. The molecule has 4 nitrogen and oxygen atoms in total. The third-order valence-electron chi connectivity index (χ3n) is 6.02. The number of piperidine rings is 1. The number of halogens is 3. The molecule has 1 saturated heterocycles. The maximum absolute atomic E-state index is 13.9. The number of aromatic nitrogens is 2. The van der Waals surface area contributed by atoms with Crippen molar-refractivity contribution >= 4 is 17.2 Å². The molecule has 0 aliphatic carbocycles. The zero-order valence-corrected chi connectivity index (χ0v) is 17.5. The number of benzene rings is 1. The van der Waals surface area contributed by atoms with E-state index in [0.29, 0.717) is 5.02 Å². The third kappa shape index (κ3) is 3.71. The summed E-state index contributed by atoms with van der Waals surface area (Å²) >= 11 is 6.41. The zero-order chi connectivity index (χ0) is 20.7. The first-order chi connectivity index (χ1) is 13.9. The molecule has 3 heterocycles. The van der Waals surface area contributed by atoms with Gasteiger partial charge in [-0.15, -0.1) is 0 Å². The molecule has 2 aliphatic rings. The van der Waals surface area contributed by atoms with Gasteiger partial charge in [0, 0.05) is 43.4 Å². The summed E-state index contributed by atoms with van der Waals surface area (Å²) in [5.41, 5.74) is 3.89. The van der Waals surface area contributed by atoms with Gasteiger partial charge in [0.25, 0.3) is 0 Å². The first-order valence-corrected chi connectivity index (χ1v) is 10.3. The summed E-state index contributed by atoms with van der Waals surface area (Å²) in [6.07, 6.45) is 6.87. The molecular formula is C22H25ClF2N4. The van der Waals surface area contributed by atoms with E-state index in [1.807, 2.05) is 7.05 Å². The minimum absolute atomic E-state index is 0.0973. The minimum atomic E-state index is -0.808. The number of aryl methyl sites for hydroxylation is 1. The second-order valence-electron chi connectivity index (χ2n) is 7.89. The van der Waals surface area contributed by atoms with E-state index in [-0.39, 0.29) is 18.0 Å². The number of hydrogen-bond donors (Lipinski definition) is 1. The summed E-state index contributed by atoms with van der Waals surface area (Å²) in [5, 5.41) is 8.34. The lowest BCUT2D eigenvalue weighted by molar-refractivity contribution is 0.180. The normalized spacial score (nSPS) is 25.0. The number of allylic oxidation sites excluding steroid dienone is 2. The van der Waals surface area contributed by atoms with Crippen LogP contribution in [0.2, 0.25) is 5.02 Å². The quantitative estimate of drug-likeness (QED) is 0.797. The van der Waals surface area contributed by atoms with Gasteiger partial charge in [-0.1, -0.05) is 23.7 Å². The van der Waals surface area contributed by atoms with Crippen molar-refractivity contribution in [3.8, 4) is 0 Å². The van der Waals surface area contributed by atoms with Crippen LogP contribution in [0.3, 0.4) is 0 Å². The van der Waals surface area contributed by atoms with E-state index >= 15 is 0 Å². The molecule has 0 radical (unpaired) electrons. The Morgan fingerprint density at radius 1 is 1.24 bits per heavy atom. The molecule has 3 atom stereocenters. The van der Waals surface area contributed by atoms with Gasteiger partial charge in [-0.2, -0.15) is 5.10 Å². The van der Waals surface area contributed by atoms with Gasteiger partial charge in [-0.25, -0.2) is 8.78 Å². The summed E-state index contributed by atoms with van der Waals surface area (Å²) in [4.78, 5) is 2.31. The number of rotatable bonds is 3. The first kappa shape index (κ1) is 20.1. The highest BCUT2D eigenvalue weighted by atomic mass is 35.5. The lowest BCUT2D eigenvalue weighted by Crippen LogP contribution is -2.51. The summed E-state index contributed by atoms with van der Waals surface area (Å²) in [6, 6.07) is 4.55. The van der Waals surface area contributed by atoms with Crippen LogP contribution in [0, 0.1) is 11.6 Å². The molecule has 1 fully saturated rings. The molecule has 2 aromatic rings. The molecule has 0 spiro atoms. The van der Waals surface area contributed by atoms with Gasteiger partial charge < -0.3 is 10.2 Å². The fourth-order valence-corrected chi connectivity index (χ4v) is 4.82. The van der Waals surface area contributed by atoms with Gasteiger partial charge in [0.05, 0.1) is 16.9 Å². The monoisotopic (exact) mass is 418 g/mol. The Bertz CT molecular complexity index is 962. The van der Waals surface area contributed by atoms with Crippen molar-refractivity contribution in [3.63, 3.8) is 0 Å². The van der Waals surface area contributed by atoms with Crippen LogP contribution in [0.4, 0.5) is 8.78 Å². The smallest absolute Gasteiger partial charge is 0.159 e. The van der Waals surface area contributed by atoms with E-state index in [0.717, 1.165) is 41.9 Å². The van der Waals surface area contributed by atoms with E-state index in [1.54, 1.807) is 16.9 Å². The van der Waals surface area contributed by atoms with Crippen LogP contribution in [0.15, 0.2) is 42.2 Å². The fourth-order valence-electron chi connectivity index (χ4n) is 4.55. The second kappa shape index (κ2) is 7.92. The van der Waals surface area contributed by atoms with Gasteiger partial charge in [0.15, 0.2) is 11.6 Å². The van der Waals surface area contributed by atoms with Crippen LogP contribution >= 0.6 is 11.6 Å². The molecule has 1 aromatic heterocycles. The second-order valence-corrected chi connectivity index (χ2v) is 8.29. The molecule has 0 saturated carbocycles. The molecule has 7 heteroatoms. The topological polar surface area (TPSA) is 33.1 Å². The van der Waals surface area contributed by atoms with Crippen LogP contribution in [0.5, 0.6) is 0 Å². The van der Waals surface area contributed by atoms with Crippen molar-refractivity contribution in [2.24, 2.45) is 7.05 Å². The molecular weight excluding hydrogens is 394 g/mol. The van der Waals surface area contributed by atoms with Crippen LogP contribution in [-0.4, -0.2) is 39.9 Å². The van der Waals surface area contributed by atoms with Gasteiger partial charge in [0.2, 0.25) is 0 Å². The lowest BCUT2D eigenvalue weighted by Gasteiger charge is -2.44. The molecule has 0 bridgehead atoms. The number of nitrogens with one attached hydrogen (secondary N) is 1. The largest absolute Gasteiger partial charge is 0.366 e. The summed E-state index contributed by atoms with van der Waals surface area (Å²) in [6.45, 7) is 5.85. The summed E-state index contributed by atoms with van der Waals surface area (Å²) < 4.78 is 29.2.